The van der Waals surface area contributed by atoms with Gasteiger partial charge in [-0.3, -0.25) is 4.79 Å². The fraction of sp³-hybridized carbons (Fsp3) is 0.250. The largest absolute Gasteiger partial charge is 0.382 e. The minimum atomic E-state index is -0.244. The Morgan fingerprint density at radius 2 is 1.62 bits per heavy atom. The van der Waals surface area contributed by atoms with E-state index < -0.39 is 0 Å². The van der Waals surface area contributed by atoms with Gasteiger partial charge in [-0.2, -0.15) is 0 Å². The van der Waals surface area contributed by atoms with Gasteiger partial charge in [0.05, 0.1) is 0 Å². The molecule has 0 unspecified atom stereocenters. The molecule has 4 nitrogen and oxygen atoms in total. The Labute approximate surface area is 163 Å². The molecule has 26 heavy (non-hydrogen) atoms. The van der Waals surface area contributed by atoms with E-state index in [1.165, 1.54) is 6.08 Å². The molecule has 1 aliphatic rings. The fourth-order valence-electron chi connectivity index (χ4n) is 2.74. The first kappa shape index (κ1) is 18.8. The van der Waals surface area contributed by atoms with Crippen LogP contribution in [0.25, 0.3) is 6.08 Å². The molecule has 0 saturated carbocycles. The van der Waals surface area contributed by atoms with Crippen molar-refractivity contribution in [2.45, 2.75) is 18.9 Å². The van der Waals surface area contributed by atoms with E-state index in [1.807, 2.05) is 24.3 Å². The van der Waals surface area contributed by atoms with Crippen LogP contribution in [0.1, 0.15) is 18.4 Å². The minimum absolute atomic E-state index is 0.244. The van der Waals surface area contributed by atoms with E-state index in [1.54, 1.807) is 24.3 Å². The third kappa shape index (κ3) is 5.24. The molecule has 1 heterocycles. The van der Waals surface area contributed by atoms with Crippen molar-refractivity contribution in [3.63, 3.8) is 0 Å². The van der Waals surface area contributed by atoms with E-state index in [9.17, 15) is 4.79 Å². The second kappa shape index (κ2) is 9.08. The summed E-state index contributed by atoms with van der Waals surface area (Å²) in [4.78, 5) is 12.1. The van der Waals surface area contributed by atoms with Crippen LogP contribution in [0.2, 0.25) is 10.0 Å². The van der Waals surface area contributed by atoms with E-state index in [-0.39, 0.29) is 5.91 Å². The molecule has 0 spiro atoms. The zero-order valence-electron chi connectivity index (χ0n) is 14.2. The lowest BCUT2D eigenvalue weighted by Gasteiger charge is -2.24. The first-order valence-electron chi connectivity index (χ1n) is 8.49. The Bertz CT molecular complexity index is 765. The summed E-state index contributed by atoms with van der Waals surface area (Å²) in [5.74, 6) is -0.244. The maximum absolute atomic E-state index is 12.1. The molecule has 1 aliphatic heterocycles. The van der Waals surface area contributed by atoms with Gasteiger partial charge in [0.2, 0.25) is 5.91 Å². The summed E-state index contributed by atoms with van der Waals surface area (Å²) < 4.78 is 5.36. The molecule has 0 radical (unpaired) electrons. The smallest absolute Gasteiger partial charge is 0.248 e. The normalized spacial score (nSPS) is 15.2. The maximum Gasteiger partial charge on any atom is 0.248 e. The van der Waals surface area contributed by atoms with E-state index in [4.69, 9.17) is 27.9 Å². The molecule has 136 valence electrons. The van der Waals surface area contributed by atoms with E-state index >= 15 is 0 Å². The first-order valence-corrected chi connectivity index (χ1v) is 9.25. The summed E-state index contributed by atoms with van der Waals surface area (Å²) in [6.07, 6.45) is 5.05. The van der Waals surface area contributed by atoms with Gasteiger partial charge in [-0.1, -0.05) is 29.3 Å². The van der Waals surface area contributed by atoms with Crippen LogP contribution in [0.5, 0.6) is 0 Å². The van der Waals surface area contributed by atoms with Crippen LogP contribution in [0.3, 0.4) is 0 Å². The van der Waals surface area contributed by atoms with Crippen molar-refractivity contribution in [2.24, 2.45) is 0 Å². The lowest BCUT2D eigenvalue weighted by Crippen LogP contribution is -2.27. The predicted molar refractivity (Wildman–Crippen MR) is 108 cm³/mol. The fourth-order valence-corrected chi connectivity index (χ4v) is 3.26. The Morgan fingerprint density at radius 3 is 2.27 bits per heavy atom. The molecule has 2 aromatic carbocycles. The lowest BCUT2D eigenvalue weighted by molar-refractivity contribution is -0.111. The number of hydrogen-bond acceptors (Lipinski definition) is 3. The van der Waals surface area contributed by atoms with Crippen molar-refractivity contribution in [3.8, 4) is 0 Å². The van der Waals surface area contributed by atoms with Gasteiger partial charge < -0.3 is 15.4 Å². The number of amides is 1. The Hall–Kier alpha value is -2.01. The van der Waals surface area contributed by atoms with Gasteiger partial charge in [0.25, 0.3) is 0 Å². The quantitative estimate of drug-likeness (QED) is 0.686. The molecule has 1 fully saturated rings. The number of carbonyl (C=O) groups excluding carboxylic acids is 1. The molecule has 6 heteroatoms. The van der Waals surface area contributed by atoms with Gasteiger partial charge in [0.1, 0.15) is 0 Å². The number of carbonyl (C=O) groups is 1. The molecule has 0 aromatic heterocycles. The zero-order valence-corrected chi connectivity index (χ0v) is 15.7. The van der Waals surface area contributed by atoms with Crippen LogP contribution in [-0.4, -0.2) is 25.2 Å². The average molecular weight is 391 g/mol. The Balaban J connectivity index is 1.56. The molecular weight excluding hydrogens is 371 g/mol. The van der Waals surface area contributed by atoms with Crippen LogP contribution < -0.4 is 10.6 Å². The zero-order chi connectivity index (χ0) is 18.4. The van der Waals surface area contributed by atoms with Crippen molar-refractivity contribution in [1.29, 1.82) is 0 Å². The number of anilines is 2. The van der Waals surface area contributed by atoms with Crippen molar-refractivity contribution in [3.05, 3.63) is 64.1 Å². The van der Waals surface area contributed by atoms with Crippen molar-refractivity contribution < 1.29 is 9.53 Å². The van der Waals surface area contributed by atoms with Crippen LogP contribution >= 0.6 is 23.2 Å². The van der Waals surface area contributed by atoms with Gasteiger partial charge in [-0.25, -0.2) is 0 Å². The van der Waals surface area contributed by atoms with E-state index in [0.29, 0.717) is 21.7 Å². The van der Waals surface area contributed by atoms with Gasteiger partial charge in [-0.05, 0) is 55.3 Å². The monoisotopic (exact) mass is 390 g/mol. The topological polar surface area (TPSA) is 50.4 Å². The highest BCUT2D eigenvalue weighted by Crippen LogP contribution is 2.25. The maximum atomic E-state index is 12.1. The van der Waals surface area contributed by atoms with Crippen LogP contribution in [0.4, 0.5) is 11.4 Å². The molecular formula is C20H20Cl2N2O2. The number of ether oxygens (including phenoxy) is 1. The van der Waals surface area contributed by atoms with Crippen LogP contribution in [0, 0.1) is 0 Å². The van der Waals surface area contributed by atoms with E-state index in [0.717, 1.165) is 37.4 Å². The predicted octanol–water partition coefficient (Wildman–Crippen LogP) is 5.24. The molecule has 2 N–H and O–H groups in total. The van der Waals surface area contributed by atoms with Gasteiger partial charge in [0.15, 0.2) is 0 Å². The van der Waals surface area contributed by atoms with Gasteiger partial charge in [-0.15, -0.1) is 0 Å². The molecule has 2 aromatic rings. The lowest BCUT2D eigenvalue weighted by atomic mass is 10.1. The van der Waals surface area contributed by atoms with Crippen molar-refractivity contribution in [1.82, 2.24) is 0 Å². The second-order valence-corrected chi connectivity index (χ2v) is 6.88. The highest BCUT2D eigenvalue weighted by atomic mass is 35.5. The standard InChI is InChI=1S/C20H20Cl2N2O2/c21-18-2-1-3-19(22)17(18)8-9-20(25)24-15-6-4-14(5-7-15)23-16-10-12-26-13-11-16/h1-9,16,23H,10-13H2,(H,24,25)/b9-8+. The van der Waals surface area contributed by atoms with E-state index in [2.05, 4.69) is 10.6 Å². The van der Waals surface area contributed by atoms with Gasteiger partial charge in [0, 0.05) is 52.3 Å². The summed E-state index contributed by atoms with van der Waals surface area (Å²) in [7, 11) is 0. The molecule has 0 atom stereocenters. The number of nitrogens with one attached hydrogen (secondary N) is 2. The van der Waals surface area contributed by atoms with Gasteiger partial charge >= 0.3 is 0 Å². The highest BCUT2D eigenvalue weighted by molar-refractivity contribution is 6.37. The average Bonchev–Trinajstić information content (AvgIpc) is 2.64. The SMILES string of the molecule is O=C(/C=C/c1c(Cl)cccc1Cl)Nc1ccc(NC2CCOCC2)cc1. The number of benzene rings is 2. The number of halogens is 2. The summed E-state index contributed by atoms with van der Waals surface area (Å²) in [6.45, 7) is 1.60. The molecule has 0 aliphatic carbocycles. The third-order valence-electron chi connectivity index (χ3n) is 4.15. The number of hydrogen-bond donors (Lipinski definition) is 2. The molecule has 3 rings (SSSR count). The van der Waals surface area contributed by atoms with Crippen LogP contribution in [0.15, 0.2) is 48.5 Å². The first-order chi connectivity index (χ1) is 12.6. The molecule has 1 amide bonds. The highest BCUT2D eigenvalue weighted by Gasteiger charge is 2.13. The summed E-state index contributed by atoms with van der Waals surface area (Å²) in [6, 6.07) is 13.3. The summed E-state index contributed by atoms with van der Waals surface area (Å²) in [5, 5.41) is 7.32. The molecule has 1 saturated heterocycles. The Morgan fingerprint density at radius 1 is 1.00 bits per heavy atom. The van der Waals surface area contributed by atoms with Crippen molar-refractivity contribution >= 4 is 46.6 Å². The molecule has 0 bridgehead atoms. The van der Waals surface area contributed by atoms with Crippen molar-refractivity contribution in [2.75, 3.05) is 23.8 Å². The Kier molecular flexibility index (Phi) is 6.56. The number of rotatable bonds is 5. The third-order valence-corrected chi connectivity index (χ3v) is 4.80. The minimum Gasteiger partial charge on any atom is -0.382 e. The second-order valence-electron chi connectivity index (χ2n) is 6.07. The summed E-state index contributed by atoms with van der Waals surface area (Å²) >= 11 is 12.2. The summed E-state index contributed by atoms with van der Waals surface area (Å²) in [5.41, 5.74) is 2.39. The van der Waals surface area contributed by atoms with Crippen LogP contribution in [-0.2, 0) is 9.53 Å².